The molecular formula is C31H62NO7P. The zero-order valence-electron chi connectivity index (χ0n) is 25.8. The molecule has 0 aromatic carbocycles. The molecule has 0 aliphatic heterocycles. The van der Waals surface area contributed by atoms with Crippen LogP contribution in [0.3, 0.4) is 0 Å². The van der Waals surface area contributed by atoms with Gasteiger partial charge in [-0.05, 0) is 38.5 Å². The van der Waals surface area contributed by atoms with Gasteiger partial charge in [0.15, 0.2) is 0 Å². The van der Waals surface area contributed by atoms with Gasteiger partial charge in [-0.25, -0.2) is 4.57 Å². The van der Waals surface area contributed by atoms with Crippen LogP contribution in [0.5, 0.6) is 0 Å². The number of hydrogen-bond acceptors (Lipinski definition) is 7. The summed E-state index contributed by atoms with van der Waals surface area (Å²) in [5.41, 5.74) is 5.30. The van der Waals surface area contributed by atoms with Crippen LogP contribution in [0.4, 0.5) is 0 Å². The number of esters is 1. The van der Waals surface area contributed by atoms with Gasteiger partial charge in [-0.15, -0.1) is 0 Å². The summed E-state index contributed by atoms with van der Waals surface area (Å²) in [4.78, 5) is 21.9. The predicted molar refractivity (Wildman–Crippen MR) is 164 cm³/mol. The van der Waals surface area contributed by atoms with Gasteiger partial charge >= 0.3 is 13.8 Å². The summed E-state index contributed by atoms with van der Waals surface area (Å²) in [5.74, 6) is -0.350. The summed E-state index contributed by atoms with van der Waals surface area (Å²) in [7, 11) is -4.25. The number of allylic oxidation sites excluding steroid dienone is 2. The van der Waals surface area contributed by atoms with Gasteiger partial charge in [0.2, 0.25) is 0 Å². The van der Waals surface area contributed by atoms with Crippen LogP contribution >= 0.6 is 7.82 Å². The first-order valence-corrected chi connectivity index (χ1v) is 17.7. The molecule has 0 saturated carbocycles. The number of hydrogen-bond donors (Lipinski definition) is 2. The average Bonchev–Trinajstić information content (AvgIpc) is 2.94. The van der Waals surface area contributed by atoms with E-state index in [2.05, 4.69) is 26.0 Å². The molecule has 3 N–H and O–H groups in total. The van der Waals surface area contributed by atoms with Crippen molar-refractivity contribution in [2.24, 2.45) is 5.73 Å². The molecule has 0 fully saturated rings. The number of unbranched alkanes of at least 4 members (excludes halogenated alkanes) is 16. The van der Waals surface area contributed by atoms with Crippen molar-refractivity contribution in [1.29, 1.82) is 0 Å². The Labute approximate surface area is 245 Å². The van der Waals surface area contributed by atoms with Gasteiger partial charge in [-0.3, -0.25) is 13.8 Å². The SMILES string of the molecule is CCCCCCCCC/C=C\CCCCCCCCOCC(COP(=O)(O)OCCN)OC(=O)CCCCCC. The van der Waals surface area contributed by atoms with Gasteiger partial charge in [-0.1, -0.05) is 109 Å². The van der Waals surface area contributed by atoms with E-state index in [1.165, 1.54) is 83.5 Å². The molecule has 0 amide bonds. The van der Waals surface area contributed by atoms with Crippen LogP contribution in [0.2, 0.25) is 0 Å². The van der Waals surface area contributed by atoms with Crippen molar-refractivity contribution in [3.8, 4) is 0 Å². The van der Waals surface area contributed by atoms with Crippen molar-refractivity contribution in [1.82, 2.24) is 0 Å². The van der Waals surface area contributed by atoms with Crippen molar-refractivity contribution in [3.05, 3.63) is 12.2 Å². The first-order valence-electron chi connectivity index (χ1n) is 16.2. The standard InChI is InChI=1S/C31H62NO7P/c1-3-5-7-9-10-11-12-13-14-15-16-17-18-19-20-21-23-26-36-28-30(29-38-40(34,35)37-27-25-32)39-31(33)24-22-8-6-4-2/h14-15,30H,3-13,16-29,32H2,1-2H3,(H,34,35)/b15-14-. The van der Waals surface area contributed by atoms with Gasteiger partial charge < -0.3 is 20.1 Å². The molecule has 0 aromatic heterocycles. The zero-order valence-corrected chi connectivity index (χ0v) is 26.7. The molecule has 2 unspecified atom stereocenters. The van der Waals surface area contributed by atoms with E-state index >= 15 is 0 Å². The Kier molecular flexibility index (Phi) is 29.2. The number of carbonyl (C=O) groups is 1. The molecule has 40 heavy (non-hydrogen) atoms. The lowest BCUT2D eigenvalue weighted by Gasteiger charge is -2.20. The summed E-state index contributed by atoms with van der Waals surface area (Å²) in [6.45, 7) is 4.77. The fraction of sp³-hybridized carbons (Fsp3) is 0.903. The molecule has 0 rings (SSSR count). The van der Waals surface area contributed by atoms with Gasteiger partial charge in [0, 0.05) is 19.6 Å². The molecule has 9 heteroatoms. The Morgan fingerprint density at radius 1 is 0.725 bits per heavy atom. The Balaban J connectivity index is 3.93. The highest BCUT2D eigenvalue weighted by Gasteiger charge is 2.25. The molecule has 8 nitrogen and oxygen atoms in total. The van der Waals surface area contributed by atoms with Gasteiger partial charge in [0.25, 0.3) is 0 Å². The van der Waals surface area contributed by atoms with Crippen molar-refractivity contribution in [3.63, 3.8) is 0 Å². The molecule has 0 aliphatic rings. The maximum atomic E-state index is 12.2. The molecule has 238 valence electrons. The number of rotatable bonds is 31. The number of carbonyl (C=O) groups excluding carboxylic acids is 1. The van der Waals surface area contributed by atoms with Crippen LogP contribution in [0, 0.1) is 0 Å². The molecule has 0 aliphatic carbocycles. The van der Waals surface area contributed by atoms with Gasteiger partial charge in [0.05, 0.1) is 19.8 Å². The maximum absolute atomic E-state index is 12.2. The van der Waals surface area contributed by atoms with Crippen LogP contribution in [-0.2, 0) is 27.9 Å². The molecule has 2 atom stereocenters. The van der Waals surface area contributed by atoms with Gasteiger partial charge in [0.1, 0.15) is 6.10 Å². The first kappa shape index (κ1) is 39.2. The van der Waals surface area contributed by atoms with E-state index in [0.29, 0.717) is 13.0 Å². The maximum Gasteiger partial charge on any atom is 0.472 e. The lowest BCUT2D eigenvalue weighted by Crippen LogP contribution is -2.28. The molecule has 0 spiro atoms. The Hall–Kier alpha value is -0.760. The summed E-state index contributed by atoms with van der Waals surface area (Å²) in [6, 6.07) is 0. The molecule has 0 bridgehead atoms. The fourth-order valence-electron chi connectivity index (χ4n) is 4.28. The minimum Gasteiger partial charge on any atom is -0.457 e. The van der Waals surface area contributed by atoms with Crippen molar-refractivity contribution >= 4 is 13.8 Å². The van der Waals surface area contributed by atoms with Crippen LogP contribution in [-0.4, -0.2) is 49.9 Å². The first-order chi connectivity index (χ1) is 19.4. The summed E-state index contributed by atoms with van der Waals surface area (Å²) in [6.07, 6.45) is 27.0. The van der Waals surface area contributed by atoms with Gasteiger partial charge in [-0.2, -0.15) is 0 Å². The largest absolute Gasteiger partial charge is 0.472 e. The second kappa shape index (κ2) is 29.7. The smallest absolute Gasteiger partial charge is 0.457 e. The lowest BCUT2D eigenvalue weighted by atomic mass is 10.1. The van der Waals surface area contributed by atoms with Crippen LogP contribution in [0.25, 0.3) is 0 Å². The van der Waals surface area contributed by atoms with Crippen molar-refractivity contribution in [2.45, 2.75) is 148 Å². The summed E-state index contributed by atoms with van der Waals surface area (Å²) < 4.78 is 32.8. The summed E-state index contributed by atoms with van der Waals surface area (Å²) >= 11 is 0. The normalized spacial score (nSPS) is 14.0. The van der Waals surface area contributed by atoms with E-state index in [0.717, 1.165) is 38.5 Å². The molecule has 0 heterocycles. The van der Waals surface area contributed by atoms with E-state index < -0.39 is 13.9 Å². The highest BCUT2D eigenvalue weighted by molar-refractivity contribution is 7.47. The third-order valence-electron chi connectivity index (χ3n) is 6.68. The fourth-order valence-corrected chi connectivity index (χ4v) is 5.05. The highest BCUT2D eigenvalue weighted by atomic mass is 31.2. The Morgan fingerprint density at radius 3 is 1.82 bits per heavy atom. The van der Waals surface area contributed by atoms with E-state index in [9.17, 15) is 14.3 Å². The average molecular weight is 592 g/mol. The third-order valence-corrected chi connectivity index (χ3v) is 7.67. The zero-order chi connectivity index (χ0) is 29.6. The molecular weight excluding hydrogens is 529 g/mol. The number of phosphoric ester groups is 1. The van der Waals surface area contributed by atoms with E-state index in [1.807, 2.05) is 0 Å². The number of phosphoric acid groups is 1. The van der Waals surface area contributed by atoms with Crippen LogP contribution < -0.4 is 5.73 Å². The Bertz CT molecular complexity index is 633. The third kappa shape index (κ3) is 28.8. The lowest BCUT2D eigenvalue weighted by molar-refractivity contribution is -0.154. The van der Waals surface area contributed by atoms with E-state index in [1.54, 1.807) is 0 Å². The predicted octanol–water partition coefficient (Wildman–Crippen LogP) is 8.41. The monoisotopic (exact) mass is 591 g/mol. The summed E-state index contributed by atoms with van der Waals surface area (Å²) in [5, 5.41) is 0. The number of nitrogens with two attached hydrogens (primary N) is 1. The molecule has 0 radical (unpaired) electrons. The molecule has 0 aromatic rings. The second-order valence-electron chi connectivity index (χ2n) is 10.7. The highest BCUT2D eigenvalue weighted by Crippen LogP contribution is 2.43. The quantitative estimate of drug-likeness (QED) is 0.0357. The van der Waals surface area contributed by atoms with Crippen LogP contribution in [0.15, 0.2) is 12.2 Å². The van der Waals surface area contributed by atoms with Crippen molar-refractivity contribution in [2.75, 3.05) is 33.0 Å². The minimum atomic E-state index is -4.25. The Morgan fingerprint density at radius 2 is 1.25 bits per heavy atom. The topological polar surface area (TPSA) is 117 Å². The van der Waals surface area contributed by atoms with Crippen LogP contribution in [0.1, 0.15) is 142 Å². The molecule has 0 saturated heterocycles. The minimum absolute atomic E-state index is 0.0951. The van der Waals surface area contributed by atoms with E-state index in [-0.39, 0.29) is 32.3 Å². The van der Waals surface area contributed by atoms with Crippen molar-refractivity contribution < 1.29 is 32.8 Å². The van der Waals surface area contributed by atoms with E-state index in [4.69, 9.17) is 24.3 Å². The second-order valence-corrected chi connectivity index (χ2v) is 12.1. The number of ether oxygens (including phenoxy) is 2.